The Kier molecular flexibility index (Phi) is 4.59. The number of phenols is 1. The van der Waals surface area contributed by atoms with Crippen molar-refractivity contribution in [2.75, 3.05) is 5.32 Å². The van der Waals surface area contributed by atoms with Gasteiger partial charge in [-0.3, -0.25) is 4.79 Å². The van der Waals surface area contributed by atoms with E-state index in [9.17, 15) is 15.0 Å². The molecule has 0 heterocycles. The summed E-state index contributed by atoms with van der Waals surface area (Å²) in [6.45, 7) is 0. The Morgan fingerprint density at radius 3 is 2.12 bits per heavy atom. The van der Waals surface area contributed by atoms with Crippen LogP contribution < -0.4 is 5.32 Å². The maximum absolute atomic E-state index is 12.3. The third-order valence-corrected chi connectivity index (χ3v) is 3.72. The second kappa shape index (κ2) is 6.98. The summed E-state index contributed by atoms with van der Waals surface area (Å²) in [5.74, 6) is -0.183. The van der Waals surface area contributed by atoms with Gasteiger partial charge in [-0.15, -0.1) is 0 Å². The standard InChI is InChI=1S/C20H17NO3/c22-18-9-5-4-8-17(18)21-16-12-10-15(11-13-16)20(24)19(23)14-6-2-1-3-7-14/h1-13,20-22,24H. The van der Waals surface area contributed by atoms with Crippen LogP contribution in [-0.2, 0) is 0 Å². The normalized spacial score (nSPS) is 11.7. The maximum Gasteiger partial charge on any atom is 0.195 e. The van der Waals surface area contributed by atoms with Gasteiger partial charge in [0.05, 0.1) is 5.69 Å². The van der Waals surface area contributed by atoms with Gasteiger partial charge in [0.1, 0.15) is 11.9 Å². The zero-order valence-corrected chi connectivity index (χ0v) is 12.9. The van der Waals surface area contributed by atoms with E-state index in [0.29, 0.717) is 16.8 Å². The summed E-state index contributed by atoms with van der Waals surface area (Å²) in [6, 6.07) is 22.5. The molecule has 3 aromatic carbocycles. The third kappa shape index (κ3) is 3.45. The molecule has 0 fully saturated rings. The Morgan fingerprint density at radius 2 is 1.46 bits per heavy atom. The molecule has 0 aliphatic heterocycles. The molecule has 0 saturated heterocycles. The third-order valence-electron chi connectivity index (χ3n) is 3.72. The predicted octanol–water partition coefficient (Wildman–Crippen LogP) is 4.05. The van der Waals surface area contributed by atoms with E-state index in [4.69, 9.17) is 0 Å². The Bertz CT molecular complexity index is 829. The molecule has 1 unspecified atom stereocenters. The van der Waals surface area contributed by atoms with Gasteiger partial charge >= 0.3 is 0 Å². The van der Waals surface area contributed by atoms with Crippen molar-refractivity contribution in [3.63, 3.8) is 0 Å². The summed E-state index contributed by atoms with van der Waals surface area (Å²) < 4.78 is 0. The number of aliphatic hydroxyl groups is 1. The average molecular weight is 319 g/mol. The number of carbonyl (C=O) groups excluding carboxylic acids is 1. The first-order valence-electron chi connectivity index (χ1n) is 7.57. The molecule has 4 heteroatoms. The molecule has 120 valence electrons. The monoisotopic (exact) mass is 319 g/mol. The highest BCUT2D eigenvalue weighted by Crippen LogP contribution is 2.27. The minimum atomic E-state index is -1.20. The van der Waals surface area contributed by atoms with Gasteiger partial charge in [0.25, 0.3) is 0 Å². The average Bonchev–Trinajstić information content (AvgIpc) is 2.64. The predicted molar refractivity (Wildman–Crippen MR) is 93.6 cm³/mol. The molecule has 0 aliphatic carbocycles. The van der Waals surface area contributed by atoms with E-state index in [1.54, 1.807) is 66.7 Å². The quantitative estimate of drug-likeness (QED) is 0.490. The molecule has 0 radical (unpaired) electrons. The first-order valence-corrected chi connectivity index (χ1v) is 7.57. The van der Waals surface area contributed by atoms with Gasteiger partial charge in [0.2, 0.25) is 0 Å². The molecule has 0 amide bonds. The van der Waals surface area contributed by atoms with Crippen LogP contribution in [-0.4, -0.2) is 16.0 Å². The topological polar surface area (TPSA) is 69.6 Å². The Labute approximate surface area is 140 Å². The van der Waals surface area contributed by atoms with Crippen LogP contribution in [0.3, 0.4) is 0 Å². The van der Waals surface area contributed by atoms with Crippen molar-refractivity contribution in [3.05, 3.63) is 90.0 Å². The number of anilines is 2. The van der Waals surface area contributed by atoms with Crippen LogP contribution in [0, 0.1) is 0 Å². The molecule has 3 aromatic rings. The summed E-state index contributed by atoms with van der Waals surface area (Å²) in [5.41, 5.74) is 2.33. The van der Waals surface area contributed by atoms with E-state index in [2.05, 4.69) is 5.32 Å². The smallest absolute Gasteiger partial charge is 0.195 e. The molecule has 24 heavy (non-hydrogen) atoms. The van der Waals surface area contributed by atoms with Crippen LogP contribution in [0.1, 0.15) is 22.0 Å². The number of carbonyl (C=O) groups is 1. The number of hydrogen-bond donors (Lipinski definition) is 3. The van der Waals surface area contributed by atoms with Crippen molar-refractivity contribution in [1.29, 1.82) is 0 Å². The van der Waals surface area contributed by atoms with Crippen LogP contribution in [0.4, 0.5) is 11.4 Å². The highest BCUT2D eigenvalue weighted by Gasteiger charge is 2.18. The molecule has 0 saturated carbocycles. The number of aromatic hydroxyl groups is 1. The van der Waals surface area contributed by atoms with Gasteiger partial charge in [0, 0.05) is 11.3 Å². The highest BCUT2D eigenvalue weighted by molar-refractivity contribution is 5.99. The van der Waals surface area contributed by atoms with E-state index in [1.165, 1.54) is 0 Å². The zero-order valence-electron chi connectivity index (χ0n) is 12.9. The van der Waals surface area contributed by atoms with Crippen LogP contribution >= 0.6 is 0 Å². The van der Waals surface area contributed by atoms with Crippen LogP contribution in [0.5, 0.6) is 5.75 Å². The molecular weight excluding hydrogens is 302 g/mol. The summed E-state index contributed by atoms with van der Waals surface area (Å²) >= 11 is 0. The number of hydrogen-bond acceptors (Lipinski definition) is 4. The van der Waals surface area contributed by atoms with E-state index in [1.807, 2.05) is 12.1 Å². The molecule has 1 atom stereocenters. The molecule has 0 aliphatic rings. The number of ketones is 1. The minimum absolute atomic E-state index is 0.154. The molecule has 3 N–H and O–H groups in total. The fourth-order valence-electron chi connectivity index (χ4n) is 2.40. The first kappa shape index (κ1) is 15.8. The van der Waals surface area contributed by atoms with Crippen molar-refractivity contribution in [1.82, 2.24) is 0 Å². The van der Waals surface area contributed by atoms with Gasteiger partial charge in [-0.25, -0.2) is 0 Å². The van der Waals surface area contributed by atoms with Crippen LogP contribution in [0.25, 0.3) is 0 Å². The van der Waals surface area contributed by atoms with Crippen LogP contribution in [0.2, 0.25) is 0 Å². The number of Topliss-reactive ketones (excluding diaryl/α,β-unsaturated/α-hetero) is 1. The number of para-hydroxylation sites is 2. The molecule has 0 spiro atoms. The largest absolute Gasteiger partial charge is 0.506 e. The van der Waals surface area contributed by atoms with Crippen molar-refractivity contribution in [2.45, 2.75) is 6.10 Å². The van der Waals surface area contributed by atoms with Gasteiger partial charge in [0.15, 0.2) is 5.78 Å². The lowest BCUT2D eigenvalue weighted by molar-refractivity contribution is 0.0747. The Morgan fingerprint density at radius 1 is 0.833 bits per heavy atom. The fourth-order valence-corrected chi connectivity index (χ4v) is 2.40. The van der Waals surface area contributed by atoms with Gasteiger partial charge in [-0.2, -0.15) is 0 Å². The number of aliphatic hydroxyl groups excluding tert-OH is 1. The number of nitrogens with one attached hydrogen (secondary N) is 1. The summed E-state index contributed by atoms with van der Waals surface area (Å²) in [5, 5.41) is 23.1. The SMILES string of the molecule is O=C(c1ccccc1)C(O)c1ccc(Nc2ccccc2O)cc1. The van der Waals surface area contributed by atoms with Crippen LogP contribution in [0.15, 0.2) is 78.9 Å². The zero-order chi connectivity index (χ0) is 16.9. The van der Waals surface area contributed by atoms with E-state index in [0.717, 1.165) is 5.69 Å². The fraction of sp³-hybridized carbons (Fsp3) is 0.0500. The van der Waals surface area contributed by atoms with Crippen molar-refractivity contribution >= 4 is 17.2 Å². The van der Waals surface area contributed by atoms with E-state index < -0.39 is 6.10 Å². The number of benzene rings is 3. The number of phenolic OH excluding ortho intramolecular Hbond substituents is 1. The van der Waals surface area contributed by atoms with Gasteiger partial charge in [-0.1, -0.05) is 54.6 Å². The minimum Gasteiger partial charge on any atom is -0.506 e. The second-order valence-electron chi connectivity index (χ2n) is 5.40. The molecule has 4 nitrogen and oxygen atoms in total. The van der Waals surface area contributed by atoms with Gasteiger partial charge in [-0.05, 0) is 29.8 Å². The number of rotatable bonds is 5. The van der Waals surface area contributed by atoms with Gasteiger partial charge < -0.3 is 15.5 Å². The second-order valence-corrected chi connectivity index (χ2v) is 5.40. The first-order chi connectivity index (χ1) is 11.6. The molecule has 3 rings (SSSR count). The summed E-state index contributed by atoms with van der Waals surface area (Å²) in [7, 11) is 0. The molecular formula is C20H17NO3. The molecule has 0 bridgehead atoms. The van der Waals surface area contributed by atoms with Crippen molar-refractivity contribution < 1.29 is 15.0 Å². The van der Waals surface area contributed by atoms with Crippen molar-refractivity contribution in [2.24, 2.45) is 0 Å². The lowest BCUT2D eigenvalue weighted by Crippen LogP contribution is -2.12. The van der Waals surface area contributed by atoms with Crippen molar-refractivity contribution in [3.8, 4) is 5.75 Å². The summed E-state index contributed by atoms with van der Waals surface area (Å²) in [6.07, 6.45) is -1.20. The lowest BCUT2D eigenvalue weighted by Gasteiger charge is -2.12. The Hall–Kier alpha value is -3.11. The highest BCUT2D eigenvalue weighted by atomic mass is 16.3. The van der Waals surface area contributed by atoms with E-state index in [-0.39, 0.29) is 11.5 Å². The molecule has 0 aromatic heterocycles. The maximum atomic E-state index is 12.3. The lowest BCUT2D eigenvalue weighted by atomic mass is 10.00. The Balaban J connectivity index is 1.74. The summed E-state index contributed by atoms with van der Waals surface area (Å²) in [4.78, 5) is 12.3. The van der Waals surface area contributed by atoms with E-state index >= 15 is 0 Å².